The lowest BCUT2D eigenvalue weighted by Crippen LogP contribution is -2.25. The van der Waals surface area contributed by atoms with Crippen LogP contribution in [0.4, 0.5) is 13.2 Å². The molecule has 1 amide bonds. The Morgan fingerprint density at radius 3 is 2.45 bits per heavy atom. The maximum absolute atomic E-state index is 12.5. The number of hydrogen-bond acceptors (Lipinski definition) is 1. The van der Waals surface area contributed by atoms with E-state index < -0.39 is 18.5 Å². The van der Waals surface area contributed by atoms with E-state index in [-0.39, 0.29) is 18.9 Å². The van der Waals surface area contributed by atoms with Crippen LogP contribution < -0.4 is 5.32 Å². The van der Waals surface area contributed by atoms with Crippen molar-refractivity contribution in [2.24, 2.45) is 5.92 Å². The van der Waals surface area contributed by atoms with Gasteiger partial charge in [0.1, 0.15) is 0 Å². The fourth-order valence-corrected chi connectivity index (χ4v) is 1.06. The van der Waals surface area contributed by atoms with Crippen molar-refractivity contribution in [1.82, 2.24) is 5.32 Å². The molecule has 0 saturated carbocycles. The number of nitrogens with one attached hydrogen (secondary N) is 1. The van der Waals surface area contributed by atoms with Crippen LogP contribution in [0.3, 0.4) is 0 Å². The van der Waals surface area contributed by atoms with Crippen molar-refractivity contribution in [1.29, 1.82) is 0 Å². The molecule has 1 heterocycles. The first kappa shape index (κ1) is 8.36. The molecule has 1 unspecified atom stereocenters. The van der Waals surface area contributed by atoms with Crippen molar-refractivity contribution >= 4 is 5.91 Å². The highest BCUT2D eigenvalue weighted by atomic mass is 19.3. The van der Waals surface area contributed by atoms with Crippen LogP contribution in [0.5, 0.6) is 0 Å². The minimum absolute atomic E-state index is 0.0321. The van der Waals surface area contributed by atoms with Crippen LogP contribution in [0.25, 0.3) is 0 Å². The first-order valence-corrected chi connectivity index (χ1v) is 3.30. The molecule has 0 aromatic carbocycles. The summed E-state index contributed by atoms with van der Waals surface area (Å²) in [5.74, 6) is -1.19. The van der Waals surface area contributed by atoms with E-state index in [9.17, 15) is 18.0 Å². The molecule has 2 nitrogen and oxygen atoms in total. The van der Waals surface area contributed by atoms with E-state index in [1.165, 1.54) is 0 Å². The Bertz CT molecular complexity index is 162. The molecule has 0 aromatic heterocycles. The van der Waals surface area contributed by atoms with Crippen LogP contribution in [-0.2, 0) is 4.79 Å². The first-order chi connectivity index (χ1) is 5.11. The Kier molecular flexibility index (Phi) is 2.36. The summed E-state index contributed by atoms with van der Waals surface area (Å²) in [7, 11) is 0. The SMILES string of the molecule is O=C1C[C@H](C(F)C(F)F)CN1. The third kappa shape index (κ3) is 1.85. The average Bonchev–Trinajstić information content (AvgIpc) is 2.34. The van der Waals surface area contributed by atoms with Crippen molar-refractivity contribution in [3.63, 3.8) is 0 Å². The van der Waals surface area contributed by atoms with Crippen molar-refractivity contribution < 1.29 is 18.0 Å². The number of alkyl halides is 3. The number of halogens is 3. The Balaban J connectivity index is 2.43. The summed E-state index contributed by atoms with van der Waals surface area (Å²) in [4.78, 5) is 10.5. The molecule has 1 rings (SSSR count). The van der Waals surface area contributed by atoms with Crippen LogP contribution in [0.1, 0.15) is 6.42 Å². The van der Waals surface area contributed by atoms with Gasteiger partial charge in [-0.3, -0.25) is 4.79 Å². The van der Waals surface area contributed by atoms with E-state index in [4.69, 9.17) is 0 Å². The molecule has 0 aromatic rings. The molecule has 0 radical (unpaired) electrons. The second kappa shape index (κ2) is 3.11. The number of carbonyl (C=O) groups excluding carboxylic acids is 1. The third-order valence-electron chi connectivity index (χ3n) is 1.70. The van der Waals surface area contributed by atoms with E-state index in [2.05, 4.69) is 5.32 Å². The van der Waals surface area contributed by atoms with Gasteiger partial charge in [-0.05, 0) is 0 Å². The average molecular weight is 167 g/mol. The van der Waals surface area contributed by atoms with Gasteiger partial charge in [0.15, 0.2) is 6.17 Å². The molecule has 1 aliphatic heterocycles. The lowest BCUT2D eigenvalue weighted by Gasteiger charge is -2.11. The number of amides is 1. The Morgan fingerprint density at radius 2 is 2.09 bits per heavy atom. The minimum Gasteiger partial charge on any atom is -0.356 e. The van der Waals surface area contributed by atoms with Gasteiger partial charge < -0.3 is 5.32 Å². The second-order valence-electron chi connectivity index (χ2n) is 2.55. The van der Waals surface area contributed by atoms with Crippen molar-refractivity contribution in [3.05, 3.63) is 0 Å². The summed E-state index contributed by atoms with van der Waals surface area (Å²) in [6.45, 7) is 0.0321. The van der Waals surface area contributed by atoms with Gasteiger partial charge in [0, 0.05) is 18.9 Å². The molecule has 2 atom stereocenters. The van der Waals surface area contributed by atoms with Gasteiger partial charge in [0.25, 0.3) is 6.43 Å². The summed E-state index contributed by atoms with van der Waals surface area (Å²) in [6, 6.07) is 0. The van der Waals surface area contributed by atoms with Gasteiger partial charge >= 0.3 is 0 Å². The molecule has 0 aliphatic carbocycles. The number of hydrogen-bond donors (Lipinski definition) is 1. The van der Waals surface area contributed by atoms with Gasteiger partial charge in [-0.1, -0.05) is 0 Å². The molecule has 5 heteroatoms. The first-order valence-electron chi connectivity index (χ1n) is 3.30. The molecule has 1 saturated heterocycles. The smallest absolute Gasteiger partial charge is 0.269 e. The van der Waals surface area contributed by atoms with Gasteiger partial charge in [-0.2, -0.15) is 0 Å². The van der Waals surface area contributed by atoms with Gasteiger partial charge in [-0.25, -0.2) is 13.2 Å². The zero-order valence-electron chi connectivity index (χ0n) is 5.69. The fraction of sp³-hybridized carbons (Fsp3) is 0.833. The monoisotopic (exact) mass is 167 g/mol. The molecular weight excluding hydrogens is 159 g/mol. The van der Waals surface area contributed by atoms with Crippen LogP contribution in [0.15, 0.2) is 0 Å². The summed E-state index contributed by atoms with van der Waals surface area (Å²) < 4.78 is 35.8. The van der Waals surface area contributed by atoms with E-state index in [0.29, 0.717) is 0 Å². The Labute approximate surface area is 61.8 Å². The van der Waals surface area contributed by atoms with Crippen LogP contribution in [0, 0.1) is 5.92 Å². The topological polar surface area (TPSA) is 29.1 Å². The standard InChI is InChI=1S/C6H8F3NO/c7-5(6(8)9)3-1-4(11)10-2-3/h3,5-6H,1-2H2,(H,10,11)/t3-,5?/m0/s1. The van der Waals surface area contributed by atoms with Crippen molar-refractivity contribution in [2.75, 3.05) is 6.54 Å². The normalized spacial score (nSPS) is 27.3. The summed E-state index contributed by atoms with van der Waals surface area (Å²) in [6.07, 6.45) is -5.27. The maximum atomic E-state index is 12.5. The Hall–Kier alpha value is -0.740. The van der Waals surface area contributed by atoms with Crippen molar-refractivity contribution in [3.8, 4) is 0 Å². The summed E-state index contributed by atoms with van der Waals surface area (Å²) in [5.41, 5.74) is 0. The Morgan fingerprint density at radius 1 is 1.45 bits per heavy atom. The molecule has 1 aliphatic rings. The predicted molar refractivity (Wildman–Crippen MR) is 32.0 cm³/mol. The quantitative estimate of drug-likeness (QED) is 0.645. The fourth-order valence-electron chi connectivity index (χ4n) is 1.06. The van der Waals surface area contributed by atoms with Gasteiger partial charge in [-0.15, -0.1) is 0 Å². The summed E-state index contributed by atoms with van der Waals surface area (Å²) in [5, 5.41) is 2.29. The highest BCUT2D eigenvalue weighted by molar-refractivity contribution is 5.78. The highest BCUT2D eigenvalue weighted by Gasteiger charge is 2.34. The molecule has 1 fully saturated rings. The lowest BCUT2D eigenvalue weighted by molar-refractivity contribution is -0.119. The maximum Gasteiger partial charge on any atom is 0.269 e. The molecule has 0 spiro atoms. The van der Waals surface area contributed by atoms with E-state index in [1.807, 2.05) is 0 Å². The van der Waals surface area contributed by atoms with Gasteiger partial charge in [0.2, 0.25) is 5.91 Å². The zero-order chi connectivity index (χ0) is 8.43. The number of rotatable bonds is 2. The molecule has 0 bridgehead atoms. The molecule has 1 N–H and O–H groups in total. The van der Waals surface area contributed by atoms with E-state index in [0.717, 1.165) is 0 Å². The molecular formula is C6H8F3NO. The largest absolute Gasteiger partial charge is 0.356 e. The lowest BCUT2D eigenvalue weighted by atomic mass is 10.0. The minimum atomic E-state index is -2.98. The van der Waals surface area contributed by atoms with E-state index in [1.54, 1.807) is 0 Å². The van der Waals surface area contributed by atoms with Crippen molar-refractivity contribution in [2.45, 2.75) is 19.0 Å². The molecule has 64 valence electrons. The molecule has 11 heavy (non-hydrogen) atoms. The number of carbonyl (C=O) groups is 1. The van der Waals surface area contributed by atoms with E-state index >= 15 is 0 Å². The zero-order valence-corrected chi connectivity index (χ0v) is 5.69. The second-order valence-corrected chi connectivity index (χ2v) is 2.55. The van der Waals surface area contributed by atoms with Crippen LogP contribution in [0.2, 0.25) is 0 Å². The highest BCUT2D eigenvalue weighted by Crippen LogP contribution is 2.21. The third-order valence-corrected chi connectivity index (χ3v) is 1.70. The van der Waals surface area contributed by atoms with Crippen LogP contribution in [-0.4, -0.2) is 25.0 Å². The predicted octanol–water partition coefficient (Wildman–Crippen LogP) is 0.726. The summed E-state index contributed by atoms with van der Waals surface area (Å²) >= 11 is 0. The van der Waals surface area contributed by atoms with Crippen LogP contribution >= 0.6 is 0 Å². The van der Waals surface area contributed by atoms with Gasteiger partial charge in [0.05, 0.1) is 0 Å².